The van der Waals surface area contributed by atoms with E-state index < -0.39 is 15.9 Å². The zero-order valence-corrected chi connectivity index (χ0v) is 20.4. The highest BCUT2D eigenvalue weighted by atomic mass is 32.2. The van der Waals surface area contributed by atoms with E-state index in [4.69, 9.17) is 19.1 Å². The van der Waals surface area contributed by atoms with Crippen LogP contribution in [0.5, 0.6) is 11.5 Å². The highest BCUT2D eigenvalue weighted by Gasteiger charge is 2.14. The summed E-state index contributed by atoms with van der Waals surface area (Å²) in [6.07, 6.45) is 2.96. The van der Waals surface area contributed by atoms with E-state index in [1.165, 1.54) is 25.3 Å². The molecule has 10 heteroatoms. The molecule has 0 bridgehead atoms. The van der Waals surface area contributed by atoms with Crippen molar-refractivity contribution in [2.45, 2.75) is 39.2 Å². The lowest BCUT2D eigenvalue weighted by molar-refractivity contribution is -0.111. The van der Waals surface area contributed by atoms with Gasteiger partial charge in [-0.15, -0.1) is 0 Å². The Hall–Kier alpha value is -3.63. The average molecular weight is 486 g/mol. The number of anilines is 1. The van der Waals surface area contributed by atoms with Crippen LogP contribution in [0, 0.1) is 27.7 Å². The number of amides is 1. The van der Waals surface area contributed by atoms with Gasteiger partial charge in [-0.25, -0.2) is 13.6 Å². The number of aromatic nitrogens is 1. The Morgan fingerprint density at radius 1 is 1.15 bits per heavy atom. The van der Waals surface area contributed by atoms with Gasteiger partial charge in [0.25, 0.3) is 0 Å². The van der Waals surface area contributed by atoms with Crippen LogP contribution in [0.15, 0.2) is 45.8 Å². The number of carbonyl (C=O) groups excluding carboxylic acids is 1. The number of nitrogens with one attached hydrogen (secondary N) is 1. The van der Waals surface area contributed by atoms with Gasteiger partial charge >= 0.3 is 0 Å². The predicted octanol–water partition coefficient (Wildman–Crippen LogP) is 3.80. The minimum atomic E-state index is -3.90. The maximum Gasteiger partial charge on any atom is 0.248 e. The van der Waals surface area contributed by atoms with Gasteiger partial charge in [0.05, 0.1) is 23.3 Å². The van der Waals surface area contributed by atoms with Crippen LogP contribution in [-0.2, 0) is 21.4 Å². The van der Waals surface area contributed by atoms with E-state index in [-0.39, 0.29) is 11.5 Å². The number of ether oxygens (including phenoxy) is 2. The van der Waals surface area contributed by atoms with Crippen molar-refractivity contribution in [3.05, 3.63) is 70.1 Å². The Morgan fingerprint density at radius 3 is 2.50 bits per heavy atom. The molecule has 0 spiro atoms. The van der Waals surface area contributed by atoms with Crippen molar-refractivity contribution in [3.63, 3.8) is 0 Å². The van der Waals surface area contributed by atoms with Gasteiger partial charge < -0.3 is 19.3 Å². The molecule has 0 aliphatic rings. The molecular weight excluding hydrogens is 458 g/mol. The van der Waals surface area contributed by atoms with E-state index in [2.05, 4.69) is 10.5 Å². The summed E-state index contributed by atoms with van der Waals surface area (Å²) < 4.78 is 39.8. The molecule has 34 heavy (non-hydrogen) atoms. The molecular formula is C24H27N3O6S. The Kier molecular flexibility index (Phi) is 7.43. The number of nitrogens with zero attached hydrogens (tertiary/aromatic N) is 1. The van der Waals surface area contributed by atoms with E-state index in [1.54, 1.807) is 38.1 Å². The van der Waals surface area contributed by atoms with Gasteiger partial charge in [0.2, 0.25) is 15.9 Å². The molecule has 1 heterocycles. The van der Waals surface area contributed by atoms with Crippen molar-refractivity contribution < 1.29 is 27.2 Å². The fraction of sp³-hybridized carbons (Fsp3) is 0.250. The van der Waals surface area contributed by atoms with Crippen LogP contribution in [0.3, 0.4) is 0 Å². The van der Waals surface area contributed by atoms with Crippen LogP contribution in [0.1, 0.15) is 33.7 Å². The first-order valence-corrected chi connectivity index (χ1v) is 11.9. The van der Waals surface area contributed by atoms with Crippen LogP contribution >= 0.6 is 0 Å². The maximum atomic E-state index is 12.5. The lowest BCUT2D eigenvalue weighted by Gasteiger charge is -2.12. The molecule has 1 aromatic heterocycles. The average Bonchev–Trinajstić information content (AvgIpc) is 3.10. The van der Waals surface area contributed by atoms with Crippen molar-refractivity contribution in [3.8, 4) is 11.5 Å². The van der Waals surface area contributed by atoms with Gasteiger partial charge in [-0.3, -0.25) is 4.79 Å². The first-order valence-electron chi connectivity index (χ1n) is 10.3. The second-order valence-corrected chi connectivity index (χ2v) is 9.34. The standard InChI is InChI=1S/C24H27N3O6S/c1-14-10-19(34(25,29)30)12-21(15(14)2)26-24(28)9-7-18-6-8-22(23(11-18)31-5)32-13-20-16(3)27-33-17(20)4/h6-12H,13H2,1-5H3,(H,26,28)(H2,25,29,30)/b9-7+. The van der Waals surface area contributed by atoms with Gasteiger partial charge in [0.1, 0.15) is 12.4 Å². The highest BCUT2D eigenvalue weighted by molar-refractivity contribution is 7.89. The minimum absolute atomic E-state index is 0.0632. The number of primary sulfonamides is 1. The van der Waals surface area contributed by atoms with Crippen molar-refractivity contribution >= 4 is 27.7 Å². The maximum absolute atomic E-state index is 12.5. The van der Waals surface area contributed by atoms with Crippen LogP contribution in [0.4, 0.5) is 5.69 Å². The number of rotatable bonds is 8. The fourth-order valence-electron chi connectivity index (χ4n) is 3.23. The molecule has 0 saturated heterocycles. The molecule has 180 valence electrons. The number of hydrogen-bond donors (Lipinski definition) is 2. The summed E-state index contributed by atoms with van der Waals surface area (Å²) in [6, 6.07) is 8.09. The van der Waals surface area contributed by atoms with E-state index in [0.717, 1.165) is 16.8 Å². The third-order valence-corrected chi connectivity index (χ3v) is 6.29. The number of carbonyl (C=O) groups is 1. The van der Waals surface area contributed by atoms with Gasteiger partial charge in [0.15, 0.2) is 11.5 Å². The number of benzene rings is 2. The molecule has 0 radical (unpaired) electrons. The molecule has 0 aliphatic carbocycles. The van der Waals surface area contributed by atoms with E-state index in [9.17, 15) is 13.2 Å². The van der Waals surface area contributed by atoms with E-state index in [1.807, 2.05) is 13.8 Å². The summed E-state index contributed by atoms with van der Waals surface area (Å²) in [5.41, 5.74) is 4.17. The first kappa shape index (κ1) is 25.0. The normalized spacial score (nSPS) is 11.6. The summed E-state index contributed by atoms with van der Waals surface area (Å²) >= 11 is 0. The SMILES string of the molecule is COc1cc(/C=C/C(=O)Nc2cc(S(N)(=O)=O)cc(C)c2C)ccc1OCc1c(C)noc1C. The van der Waals surface area contributed by atoms with E-state index in [0.29, 0.717) is 34.1 Å². The second kappa shape index (κ2) is 10.1. The van der Waals surface area contributed by atoms with Crippen molar-refractivity contribution in [1.29, 1.82) is 0 Å². The van der Waals surface area contributed by atoms with Gasteiger partial charge in [-0.2, -0.15) is 0 Å². The molecule has 3 N–H and O–H groups in total. The molecule has 0 fully saturated rings. The quantitative estimate of drug-likeness (QED) is 0.464. The largest absolute Gasteiger partial charge is 0.493 e. The number of sulfonamides is 1. The number of nitrogens with two attached hydrogens (primary N) is 1. The molecule has 0 unspecified atom stereocenters. The van der Waals surface area contributed by atoms with Crippen molar-refractivity contribution in [2.75, 3.05) is 12.4 Å². The zero-order valence-electron chi connectivity index (χ0n) is 19.6. The molecule has 0 atom stereocenters. The van der Waals surface area contributed by atoms with E-state index >= 15 is 0 Å². The summed E-state index contributed by atoms with van der Waals surface area (Å²) in [7, 11) is -2.37. The molecule has 1 amide bonds. The third-order valence-electron chi connectivity index (χ3n) is 5.40. The Balaban J connectivity index is 1.73. The van der Waals surface area contributed by atoms with Crippen LogP contribution in [0.25, 0.3) is 6.08 Å². The fourth-order valence-corrected chi connectivity index (χ4v) is 3.85. The molecule has 3 aromatic rings. The molecule has 0 saturated carbocycles. The summed E-state index contributed by atoms with van der Waals surface area (Å²) in [5, 5.41) is 11.8. The summed E-state index contributed by atoms with van der Waals surface area (Å²) in [6.45, 7) is 7.48. The second-order valence-electron chi connectivity index (χ2n) is 7.78. The molecule has 9 nitrogen and oxygen atoms in total. The van der Waals surface area contributed by atoms with Crippen LogP contribution < -0.4 is 19.9 Å². The first-order chi connectivity index (χ1) is 16.0. The van der Waals surface area contributed by atoms with Gasteiger partial charge in [-0.05, 0) is 74.7 Å². The topological polar surface area (TPSA) is 134 Å². The monoisotopic (exact) mass is 485 g/mol. The molecule has 0 aliphatic heterocycles. The smallest absolute Gasteiger partial charge is 0.248 e. The predicted molar refractivity (Wildman–Crippen MR) is 128 cm³/mol. The number of methoxy groups -OCH3 is 1. The zero-order chi connectivity index (χ0) is 25.0. The minimum Gasteiger partial charge on any atom is -0.493 e. The van der Waals surface area contributed by atoms with Crippen LogP contribution in [-0.4, -0.2) is 26.6 Å². The molecule has 3 rings (SSSR count). The Bertz CT molecular complexity index is 1340. The van der Waals surface area contributed by atoms with Crippen molar-refractivity contribution in [1.82, 2.24) is 5.16 Å². The summed E-state index contributed by atoms with van der Waals surface area (Å²) in [4.78, 5) is 12.4. The van der Waals surface area contributed by atoms with Crippen molar-refractivity contribution in [2.24, 2.45) is 5.14 Å². The Morgan fingerprint density at radius 2 is 1.88 bits per heavy atom. The van der Waals surface area contributed by atoms with Gasteiger partial charge in [-0.1, -0.05) is 11.2 Å². The molecule has 2 aromatic carbocycles. The lowest BCUT2D eigenvalue weighted by Crippen LogP contribution is -2.15. The van der Waals surface area contributed by atoms with Gasteiger partial charge in [0, 0.05) is 11.8 Å². The Labute approximate surface area is 198 Å². The van der Waals surface area contributed by atoms with Crippen LogP contribution in [0.2, 0.25) is 0 Å². The lowest BCUT2D eigenvalue weighted by atomic mass is 10.1. The number of aryl methyl sites for hydroxylation is 3. The summed E-state index contributed by atoms with van der Waals surface area (Å²) in [5.74, 6) is 1.31. The highest BCUT2D eigenvalue weighted by Crippen LogP contribution is 2.30. The third kappa shape index (κ3) is 5.83. The number of hydrogen-bond acceptors (Lipinski definition) is 7.